The van der Waals surface area contributed by atoms with E-state index in [1.54, 1.807) is 41.5 Å². The van der Waals surface area contributed by atoms with Crippen molar-refractivity contribution in [2.75, 3.05) is 39.3 Å². The third kappa shape index (κ3) is 33.3. The fraction of sp³-hybridized carbons (Fsp3) is 0.839. The van der Waals surface area contributed by atoms with Gasteiger partial charge in [0.25, 0.3) is 0 Å². The molecule has 0 saturated heterocycles. The van der Waals surface area contributed by atoms with Crippen molar-refractivity contribution in [3.8, 4) is 0 Å². The number of unbranched alkanes of at least 4 members (excludes halogenated alkanes) is 2. The second-order valence-electron chi connectivity index (χ2n) is 14.3. The monoisotopic (exact) mass is 647 g/mol. The maximum atomic E-state index is 11.6. The van der Waals surface area contributed by atoms with Gasteiger partial charge in [0.15, 0.2) is 0 Å². The number of alkyl carbamates (subject to hydrolysis) is 4. The first-order valence-corrected chi connectivity index (χ1v) is 15.4. The van der Waals surface area contributed by atoms with Crippen LogP contribution in [-0.4, -0.2) is 96.9 Å². The number of carbonyl (C=O) groups excluding carboxylic acids is 5. The Morgan fingerprint density at radius 2 is 0.689 bits per heavy atom. The van der Waals surface area contributed by atoms with Gasteiger partial charge in [0.05, 0.1) is 0 Å². The number of nitrogens with zero attached hydrogens (tertiary/aromatic N) is 1. The van der Waals surface area contributed by atoms with Gasteiger partial charge in [-0.2, -0.15) is 0 Å². The largest absolute Gasteiger partial charge is 0.444 e. The maximum absolute atomic E-state index is 11.6. The molecule has 264 valence electrons. The number of hydrogen-bond acceptors (Lipinski definition) is 9. The summed E-state index contributed by atoms with van der Waals surface area (Å²) in [5.74, 6) is -0.146. The average molecular weight is 648 g/mol. The Bertz CT molecular complexity index is 848. The Balaban J connectivity index is 0. The van der Waals surface area contributed by atoms with Crippen LogP contribution in [0, 0.1) is 0 Å². The molecule has 0 saturated carbocycles. The van der Waals surface area contributed by atoms with Crippen molar-refractivity contribution in [1.82, 2.24) is 26.2 Å². The van der Waals surface area contributed by atoms with Crippen LogP contribution in [0.1, 0.15) is 109 Å². The minimum atomic E-state index is -0.568. The van der Waals surface area contributed by atoms with Crippen molar-refractivity contribution in [3.63, 3.8) is 0 Å². The topological polar surface area (TPSA) is 174 Å². The maximum Gasteiger partial charge on any atom is 0.407 e. The molecule has 5 amide bonds. The standard InChI is InChI=1S/C16H31N3O5.C15H30N2O4/c1-12(20)19(10-8-17-13(21)23-15(2,3)4)11-9-18-14(22)24-16(5,6)7;1-14(2,3)20-12(18)16-10-8-7-9-11-17-13(19)21-15(4,5)6/h8-11H2,1-7H3,(H,17,21)(H,18,22);7-11H2,1-6H3,(H,16,18)(H,17,19). The molecule has 0 bridgehead atoms. The average Bonchev–Trinajstić information content (AvgIpc) is 2.78. The normalized spacial score (nSPS) is 11.6. The van der Waals surface area contributed by atoms with Crippen molar-refractivity contribution in [2.45, 2.75) is 132 Å². The molecule has 45 heavy (non-hydrogen) atoms. The van der Waals surface area contributed by atoms with E-state index in [4.69, 9.17) is 18.9 Å². The van der Waals surface area contributed by atoms with Crippen LogP contribution in [0.2, 0.25) is 0 Å². The van der Waals surface area contributed by atoms with E-state index < -0.39 is 46.8 Å². The van der Waals surface area contributed by atoms with Crippen LogP contribution < -0.4 is 21.3 Å². The number of nitrogens with one attached hydrogen (secondary N) is 4. The lowest BCUT2D eigenvalue weighted by Gasteiger charge is -2.24. The summed E-state index contributed by atoms with van der Waals surface area (Å²) >= 11 is 0. The lowest BCUT2D eigenvalue weighted by Crippen LogP contribution is -2.43. The fourth-order valence-electron chi connectivity index (χ4n) is 3.08. The summed E-state index contributed by atoms with van der Waals surface area (Å²) in [6, 6.07) is 0. The molecule has 0 rings (SSSR count). The Morgan fingerprint density at radius 1 is 0.444 bits per heavy atom. The molecule has 14 heteroatoms. The highest BCUT2D eigenvalue weighted by Crippen LogP contribution is 2.08. The third-order valence-electron chi connectivity index (χ3n) is 4.74. The van der Waals surface area contributed by atoms with Gasteiger partial charge in [-0.3, -0.25) is 4.79 Å². The van der Waals surface area contributed by atoms with Crippen LogP contribution >= 0.6 is 0 Å². The van der Waals surface area contributed by atoms with Crippen molar-refractivity contribution in [1.29, 1.82) is 0 Å². The van der Waals surface area contributed by atoms with Crippen LogP contribution in [0.3, 0.4) is 0 Å². The molecule has 0 atom stereocenters. The van der Waals surface area contributed by atoms with E-state index in [0.29, 0.717) is 26.2 Å². The summed E-state index contributed by atoms with van der Waals surface area (Å²) in [5.41, 5.74) is -2.08. The summed E-state index contributed by atoms with van der Waals surface area (Å²) in [4.78, 5) is 58.9. The van der Waals surface area contributed by atoms with Gasteiger partial charge in [-0.25, -0.2) is 19.2 Å². The Labute approximate surface area is 270 Å². The van der Waals surface area contributed by atoms with Crippen molar-refractivity contribution >= 4 is 30.3 Å². The summed E-state index contributed by atoms with van der Waals surface area (Å²) in [5, 5.41) is 10.6. The lowest BCUT2D eigenvalue weighted by molar-refractivity contribution is -0.128. The molecule has 0 radical (unpaired) electrons. The van der Waals surface area contributed by atoms with E-state index in [1.165, 1.54) is 11.8 Å². The molecule has 0 aliphatic heterocycles. The SMILES string of the molecule is CC(=O)N(CCNC(=O)OC(C)(C)C)CCNC(=O)OC(C)(C)C.CC(C)(C)OC(=O)NCCCCCNC(=O)OC(C)(C)C. The van der Waals surface area contributed by atoms with E-state index in [1.807, 2.05) is 41.5 Å². The number of amides is 5. The molecule has 0 aliphatic rings. The fourth-order valence-corrected chi connectivity index (χ4v) is 3.08. The van der Waals surface area contributed by atoms with Gasteiger partial charge in [-0.1, -0.05) is 0 Å². The first-order chi connectivity index (χ1) is 20.3. The molecule has 4 N–H and O–H groups in total. The van der Waals surface area contributed by atoms with Gasteiger partial charge in [-0.15, -0.1) is 0 Å². The van der Waals surface area contributed by atoms with Gasteiger partial charge in [0, 0.05) is 46.2 Å². The van der Waals surface area contributed by atoms with Crippen molar-refractivity contribution in [3.05, 3.63) is 0 Å². The molecule has 0 aromatic rings. The zero-order valence-electron chi connectivity index (χ0n) is 30.0. The second-order valence-corrected chi connectivity index (χ2v) is 14.3. The highest BCUT2D eigenvalue weighted by Gasteiger charge is 2.19. The lowest BCUT2D eigenvalue weighted by atomic mass is 10.2. The minimum Gasteiger partial charge on any atom is -0.444 e. The summed E-state index contributed by atoms with van der Waals surface area (Å²) in [6.07, 6.45) is 0.746. The van der Waals surface area contributed by atoms with Gasteiger partial charge < -0.3 is 45.1 Å². The van der Waals surface area contributed by atoms with E-state index in [9.17, 15) is 24.0 Å². The molecule has 0 fully saturated rings. The third-order valence-corrected chi connectivity index (χ3v) is 4.74. The minimum absolute atomic E-state index is 0.146. The second kappa shape index (κ2) is 20.6. The van der Waals surface area contributed by atoms with Gasteiger partial charge in [-0.05, 0) is 102 Å². The summed E-state index contributed by atoms with van der Waals surface area (Å²) in [6.45, 7) is 25.4. The first-order valence-electron chi connectivity index (χ1n) is 15.4. The molecular weight excluding hydrogens is 586 g/mol. The summed E-state index contributed by atoms with van der Waals surface area (Å²) in [7, 11) is 0. The Morgan fingerprint density at radius 3 is 0.911 bits per heavy atom. The molecule has 0 aromatic heterocycles. The van der Waals surface area contributed by atoms with Crippen LogP contribution in [0.5, 0.6) is 0 Å². The predicted molar refractivity (Wildman–Crippen MR) is 173 cm³/mol. The molecule has 0 heterocycles. The van der Waals surface area contributed by atoms with Crippen molar-refractivity contribution in [2.24, 2.45) is 0 Å². The molecule has 0 spiro atoms. The van der Waals surface area contributed by atoms with Gasteiger partial charge in [0.1, 0.15) is 22.4 Å². The predicted octanol–water partition coefficient (Wildman–Crippen LogP) is 5.09. The number of hydrogen-bond donors (Lipinski definition) is 4. The number of rotatable bonds is 12. The molecule has 0 aromatic carbocycles. The first kappa shape index (κ1) is 43.7. The van der Waals surface area contributed by atoms with E-state index in [0.717, 1.165) is 19.3 Å². The van der Waals surface area contributed by atoms with E-state index in [-0.39, 0.29) is 19.0 Å². The molecular formula is C31H61N5O9. The van der Waals surface area contributed by atoms with Gasteiger partial charge in [0.2, 0.25) is 5.91 Å². The summed E-state index contributed by atoms with van der Waals surface area (Å²) < 4.78 is 20.5. The quantitative estimate of drug-likeness (QED) is 0.166. The van der Waals surface area contributed by atoms with Gasteiger partial charge >= 0.3 is 24.4 Å². The van der Waals surface area contributed by atoms with Crippen LogP contribution in [0.15, 0.2) is 0 Å². The molecule has 0 unspecified atom stereocenters. The van der Waals surface area contributed by atoms with Crippen LogP contribution in [0.25, 0.3) is 0 Å². The molecule has 0 aliphatic carbocycles. The highest BCUT2D eigenvalue weighted by atomic mass is 16.6. The zero-order chi connectivity index (χ0) is 35.5. The van der Waals surface area contributed by atoms with E-state index >= 15 is 0 Å². The Hall–Kier alpha value is -3.45. The highest BCUT2D eigenvalue weighted by molar-refractivity contribution is 5.73. The zero-order valence-corrected chi connectivity index (χ0v) is 30.0. The van der Waals surface area contributed by atoms with Crippen LogP contribution in [0.4, 0.5) is 19.2 Å². The molecule has 14 nitrogen and oxygen atoms in total. The van der Waals surface area contributed by atoms with E-state index in [2.05, 4.69) is 21.3 Å². The number of ether oxygens (including phenoxy) is 4. The Kier molecular flexibility index (Phi) is 20.0. The van der Waals surface area contributed by atoms with Crippen molar-refractivity contribution < 1.29 is 42.9 Å². The number of carbonyl (C=O) groups is 5. The smallest absolute Gasteiger partial charge is 0.407 e. The van der Waals surface area contributed by atoms with Crippen LogP contribution in [-0.2, 0) is 23.7 Å².